The third-order valence-corrected chi connectivity index (χ3v) is 4.92. The van der Waals surface area contributed by atoms with E-state index in [4.69, 9.17) is 27.9 Å². The fourth-order valence-electron chi connectivity index (χ4n) is 2.89. The van der Waals surface area contributed by atoms with Crippen molar-refractivity contribution < 1.29 is 14.3 Å². The molecule has 0 aliphatic heterocycles. The van der Waals surface area contributed by atoms with Gasteiger partial charge in [-0.2, -0.15) is 5.10 Å². The van der Waals surface area contributed by atoms with Crippen molar-refractivity contribution in [3.8, 4) is 0 Å². The second kappa shape index (κ2) is 7.58. The van der Waals surface area contributed by atoms with E-state index in [1.165, 1.54) is 7.11 Å². The maximum absolute atomic E-state index is 11.9. The van der Waals surface area contributed by atoms with Gasteiger partial charge in [0.05, 0.1) is 17.8 Å². The number of hydrogen-bond donors (Lipinski definition) is 0. The Morgan fingerprint density at radius 2 is 1.65 bits per heavy atom. The van der Waals surface area contributed by atoms with Crippen LogP contribution in [0.15, 0.2) is 54.6 Å². The third-order valence-electron chi connectivity index (χ3n) is 4.31. The first kappa shape index (κ1) is 18.6. The molecule has 0 atom stereocenters. The fourth-order valence-corrected chi connectivity index (χ4v) is 3.40. The average molecular weight is 391 g/mol. The van der Waals surface area contributed by atoms with Crippen LogP contribution < -0.4 is 0 Å². The fraction of sp³-hybridized carbons (Fsp3) is 0.211. The molecule has 134 valence electrons. The van der Waals surface area contributed by atoms with E-state index >= 15 is 0 Å². The SMILES string of the molecule is COC(Cc1nn(Cc2ccccc2)c2ccccc12)(C(=O)Cl)C(=O)Cl. The van der Waals surface area contributed by atoms with Crippen molar-refractivity contribution in [1.29, 1.82) is 0 Å². The van der Waals surface area contributed by atoms with Gasteiger partial charge in [0.15, 0.2) is 0 Å². The summed E-state index contributed by atoms with van der Waals surface area (Å²) in [6, 6.07) is 17.4. The van der Waals surface area contributed by atoms with Gasteiger partial charge in [0, 0.05) is 18.9 Å². The van der Waals surface area contributed by atoms with Crippen molar-refractivity contribution in [3.05, 3.63) is 65.9 Å². The molecule has 3 aromatic rings. The minimum absolute atomic E-state index is 0.142. The number of carbonyl (C=O) groups excluding carboxylic acids is 2. The summed E-state index contributed by atoms with van der Waals surface area (Å²) in [5.41, 5.74) is 0.506. The molecule has 1 aromatic heterocycles. The zero-order valence-electron chi connectivity index (χ0n) is 14.0. The van der Waals surface area contributed by atoms with Crippen molar-refractivity contribution in [3.63, 3.8) is 0 Å². The van der Waals surface area contributed by atoms with Crippen LogP contribution in [-0.2, 0) is 27.3 Å². The van der Waals surface area contributed by atoms with E-state index in [9.17, 15) is 9.59 Å². The topological polar surface area (TPSA) is 61.2 Å². The maximum atomic E-state index is 11.9. The predicted octanol–water partition coefficient (Wildman–Crippen LogP) is 3.54. The van der Waals surface area contributed by atoms with Gasteiger partial charge in [-0.3, -0.25) is 14.3 Å². The lowest BCUT2D eigenvalue weighted by molar-refractivity contribution is -0.144. The molecule has 5 nitrogen and oxygen atoms in total. The number of aromatic nitrogens is 2. The molecule has 0 spiro atoms. The zero-order chi connectivity index (χ0) is 18.7. The Labute approximate surface area is 160 Å². The summed E-state index contributed by atoms with van der Waals surface area (Å²) in [7, 11) is 1.23. The Morgan fingerprint density at radius 3 is 2.27 bits per heavy atom. The highest BCUT2D eigenvalue weighted by Crippen LogP contribution is 2.28. The second-order valence-corrected chi connectivity index (χ2v) is 6.55. The van der Waals surface area contributed by atoms with Crippen LogP contribution in [0, 0.1) is 0 Å². The second-order valence-electron chi connectivity index (χ2n) is 5.86. The van der Waals surface area contributed by atoms with Crippen LogP contribution in [0.4, 0.5) is 0 Å². The van der Waals surface area contributed by atoms with Crippen molar-refractivity contribution in [2.45, 2.75) is 18.6 Å². The van der Waals surface area contributed by atoms with Crippen LogP contribution in [0.2, 0.25) is 0 Å². The lowest BCUT2D eigenvalue weighted by Crippen LogP contribution is -2.46. The quantitative estimate of drug-likeness (QED) is 0.457. The Balaban J connectivity index is 2.07. The molecule has 26 heavy (non-hydrogen) atoms. The van der Waals surface area contributed by atoms with E-state index in [1.807, 2.05) is 59.3 Å². The van der Waals surface area contributed by atoms with Gasteiger partial charge in [-0.05, 0) is 34.8 Å². The molecule has 0 fully saturated rings. The van der Waals surface area contributed by atoms with Gasteiger partial charge in [0.1, 0.15) is 0 Å². The molecule has 0 unspecified atom stereocenters. The first-order valence-electron chi connectivity index (χ1n) is 7.91. The molecule has 0 aliphatic carbocycles. The summed E-state index contributed by atoms with van der Waals surface area (Å²) in [5, 5.41) is 3.46. The summed E-state index contributed by atoms with van der Waals surface area (Å²) in [5.74, 6) is 0. The van der Waals surface area contributed by atoms with E-state index in [2.05, 4.69) is 5.10 Å². The van der Waals surface area contributed by atoms with Gasteiger partial charge in [0.2, 0.25) is 5.60 Å². The molecule has 0 radical (unpaired) electrons. The molecule has 0 aliphatic rings. The number of ether oxygens (including phenoxy) is 1. The number of methoxy groups -OCH3 is 1. The van der Waals surface area contributed by atoms with Crippen LogP contribution in [0.1, 0.15) is 11.3 Å². The van der Waals surface area contributed by atoms with Crippen LogP contribution in [0.3, 0.4) is 0 Å². The number of nitrogens with zero attached hydrogens (tertiary/aromatic N) is 2. The van der Waals surface area contributed by atoms with Crippen LogP contribution in [0.5, 0.6) is 0 Å². The lowest BCUT2D eigenvalue weighted by Gasteiger charge is -2.23. The number of carbonyl (C=O) groups is 2. The van der Waals surface area contributed by atoms with Crippen LogP contribution >= 0.6 is 23.2 Å². The first-order chi connectivity index (χ1) is 12.5. The molecular formula is C19H16Cl2N2O3. The lowest BCUT2D eigenvalue weighted by atomic mass is 9.98. The predicted molar refractivity (Wildman–Crippen MR) is 100 cm³/mol. The van der Waals surface area contributed by atoms with Gasteiger partial charge < -0.3 is 4.74 Å². The van der Waals surface area contributed by atoms with Gasteiger partial charge >= 0.3 is 0 Å². The van der Waals surface area contributed by atoms with E-state index in [0.29, 0.717) is 12.2 Å². The molecule has 7 heteroatoms. The standard InChI is InChI=1S/C19H16Cl2N2O3/c1-26-19(17(20)24,18(21)25)11-15-14-9-5-6-10-16(14)23(22-15)12-13-7-3-2-4-8-13/h2-10H,11-12H2,1H3. The van der Waals surface area contributed by atoms with E-state index in [0.717, 1.165) is 16.5 Å². The summed E-state index contributed by atoms with van der Waals surface area (Å²) in [6.45, 7) is 0.547. The number of halogens is 2. The van der Waals surface area contributed by atoms with E-state index in [1.54, 1.807) is 0 Å². The smallest absolute Gasteiger partial charge is 0.263 e. The number of benzene rings is 2. The van der Waals surface area contributed by atoms with Gasteiger partial charge in [-0.15, -0.1) is 0 Å². The highest BCUT2D eigenvalue weighted by Gasteiger charge is 2.45. The summed E-state index contributed by atoms with van der Waals surface area (Å²) in [6.07, 6.45) is -0.142. The average Bonchev–Trinajstić information content (AvgIpc) is 2.97. The molecule has 1 heterocycles. The molecule has 0 amide bonds. The number of para-hydroxylation sites is 1. The van der Waals surface area contributed by atoms with Gasteiger partial charge in [-0.25, -0.2) is 0 Å². The van der Waals surface area contributed by atoms with Gasteiger partial charge in [-0.1, -0.05) is 48.5 Å². The monoisotopic (exact) mass is 390 g/mol. The highest BCUT2D eigenvalue weighted by atomic mass is 35.5. The third kappa shape index (κ3) is 3.38. The molecule has 3 rings (SSSR count). The molecule has 0 N–H and O–H groups in total. The zero-order valence-corrected chi connectivity index (χ0v) is 15.5. The van der Waals surface area contributed by atoms with Crippen molar-refractivity contribution >= 4 is 44.6 Å². The Morgan fingerprint density at radius 1 is 1.04 bits per heavy atom. The van der Waals surface area contributed by atoms with Crippen molar-refractivity contribution in [2.75, 3.05) is 7.11 Å². The van der Waals surface area contributed by atoms with Gasteiger partial charge in [0.25, 0.3) is 10.5 Å². The molecule has 0 saturated carbocycles. The first-order valence-corrected chi connectivity index (χ1v) is 8.67. The highest BCUT2D eigenvalue weighted by molar-refractivity contribution is 6.76. The number of hydrogen-bond acceptors (Lipinski definition) is 4. The van der Waals surface area contributed by atoms with Crippen LogP contribution in [0.25, 0.3) is 10.9 Å². The maximum Gasteiger partial charge on any atom is 0.263 e. The molecule has 0 bridgehead atoms. The molecule has 0 saturated heterocycles. The number of rotatable bonds is 7. The molecular weight excluding hydrogens is 375 g/mol. The minimum atomic E-state index is -1.96. The number of fused-ring (bicyclic) bond motifs is 1. The normalized spacial score (nSPS) is 11.7. The summed E-state index contributed by atoms with van der Waals surface area (Å²) >= 11 is 11.3. The largest absolute Gasteiger partial charge is 0.360 e. The Kier molecular flexibility index (Phi) is 5.41. The van der Waals surface area contributed by atoms with Crippen molar-refractivity contribution in [1.82, 2.24) is 9.78 Å². The van der Waals surface area contributed by atoms with E-state index in [-0.39, 0.29) is 6.42 Å². The Hall–Kier alpha value is -2.21. The molecule has 2 aromatic carbocycles. The van der Waals surface area contributed by atoms with Crippen molar-refractivity contribution in [2.24, 2.45) is 0 Å². The summed E-state index contributed by atoms with van der Waals surface area (Å²) < 4.78 is 6.95. The summed E-state index contributed by atoms with van der Waals surface area (Å²) in [4.78, 5) is 23.8. The Bertz CT molecular complexity index is 940. The minimum Gasteiger partial charge on any atom is -0.360 e. The van der Waals surface area contributed by atoms with E-state index < -0.39 is 16.1 Å². The van der Waals surface area contributed by atoms with Crippen LogP contribution in [-0.4, -0.2) is 33.0 Å².